The molecule has 13 heterocycles. The first-order valence-corrected chi connectivity index (χ1v) is 42.0. The topological polar surface area (TPSA) is 0 Å². The zero-order valence-corrected chi connectivity index (χ0v) is 64.1. The molecule has 13 heteroatoms. The standard InChI is InChI=1S/C76H76S13/c1-15-17-19-21-23-53-39(3)25-57(78-53)67-43(7)29-61(82-67)71-47(11)33-65(86-71)75-49(13)35-63(88-75)73-45(9)31-59(84-73)69-41(5)27-55(80-69)51-37-77-38-52(51)56-28-42(6)70(81-56)60-32-46(10)74(85-60)64-36-50(14)76(89-64)66-34-48(12)72(87-66)62-30-44(8)68(83-62)58-26-40(4)54(79-58)24-22-20-18-16-2/h25-38H,15-24H2,1-14H3. The summed E-state index contributed by atoms with van der Waals surface area (Å²) >= 11 is 25.6. The van der Waals surface area contributed by atoms with Gasteiger partial charge in [0, 0.05) is 139 Å². The maximum atomic E-state index is 2.45. The lowest BCUT2D eigenvalue weighted by molar-refractivity contribution is 0.669. The third-order valence-corrected chi connectivity index (χ3v) is 34.7. The van der Waals surface area contributed by atoms with Crippen molar-refractivity contribution in [1.82, 2.24) is 0 Å². The van der Waals surface area contributed by atoms with Gasteiger partial charge in [0.1, 0.15) is 0 Å². The highest BCUT2D eigenvalue weighted by atomic mass is 32.2. The maximum Gasteiger partial charge on any atom is 0.0479 e. The van der Waals surface area contributed by atoms with Gasteiger partial charge in [-0.05, 0) is 248 Å². The summed E-state index contributed by atoms with van der Waals surface area (Å²) in [5.74, 6) is 0. The van der Waals surface area contributed by atoms with E-state index in [2.05, 4.69) is 180 Å². The Morgan fingerprint density at radius 2 is 0.404 bits per heavy atom. The fourth-order valence-corrected chi connectivity index (χ4v) is 29.2. The first-order valence-electron chi connectivity index (χ1n) is 31.2. The highest BCUT2D eigenvalue weighted by molar-refractivity contribution is 7.33. The summed E-state index contributed by atoms with van der Waals surface area (Å²) in [6.45, 7) is 32.3. The van der Waals surface area contributed by atoms with Crippen molar-refractivity contribution >= 4 is 147 Å². The summed E-state index contributed by atoms with van der Waals surface area (Å²) in [5.41, 5.74) is 19.3. The second kappa shape index (κ2) is 26.8. The summed E-state index contributed by atoms with van der Waals surface area (Å²) in [4.78, 5) is 33.9. The third-order valence-electron chi connectivity index (χ3n) is 17.2. The molecule has 0 aliphatic rings. The largest absolute Gasteiger partial charge is 0.151 e. The molecule has 458 valence electrons. The number of aryl methyl sites for hydroxylation is 14. The molecule has 0 bridgehead atoms. The molecule has 0 saturated heterocycles. The highest BCUT2D eigenvalue weighted by Crippen LogP contribution is 2.55. The molecule has 0 saturated carbocycles. The number of hydrogen-bond donors (Lipinski definition) is 0. The van der Waals surface area contributed by atoms with Crippen LogP contribution in [0.3, 0.4) is 0 Å². The van der Waals surface area contributed by atoms with Crippen LogP contribution in [0.5, 0.6) is 0 Å². The molecule has 0 unspecified atom stereocenters. The lowest BCUT2D eigenvalue weighted by Gasteiger charge is -1.99. The molecule has 0 amide bonds. The third kappa shape index (κ3) is 12.8. The average molecular weight is 1410 g/mol. The van der Waals surface area contributed by atoms with Crippen LogP contribution in [0, 0.1) is 83.1 Å². The molecule has 0 aliphatic carbocycles. The van der Waals surface area contributed by atoms with Gasteiger partial charge in [0.05, 0.1) is 0 Å². The van der Waals surface area contributed by atoms with Gasteiger partial charge < -0.3 is 0 Å². The van der Waals surface area contributed by atoms with Gasteiger partial charge in [-0.25, -0.2) is 0 Å². The van der Waals surface area contributed by atoms with E-state index in [1.807, 2.05) is 147 Å². The highest BCUT2D eigenvalue weighted by Gasteiger charge is 2.26. The summed E-state index contributed by atoms with van der Waals surface area (Å²) in [6, 6.07) is 29.4. The van der Waals surface area contributed by atoms with Crippen molar-refractivity contribution in [1.29, 1.82) is 0 Å². The molecule has 0 nitrogen and oxygen atoms in total. The minimum atomic E-state index is 1.21. The van der Waals surface area contributed by atoms with Crippen molar-refractivity contribution in [2.24, 2.45) is 0 Å². The predicted octanol–water partition coefficient (Wildman–Crippen LogP) is 30.4. The van der Waals surface area contributed by atoms with Crippen LogP contribution in [0.1, 0.15) is 142 Å². The van der Waals surface area contributed by atoms with Crippen LogP contribution in [0.15, 0.2) is 83.6 Å². The van der Waals surface area contributed by atoms with Crippen LogP contribution in [0.25, 0.3) is 118 Å². The molecular weight excluding hydrogens is 1330 g/mol. The molecule has 0 N–H and O–H groups in total. The number of rotatable bonds is 22. The monoisotopic (exact) mass is 1400 g/mol. The Hall–Kier alpha value is -3.90. The van der Waals surface area contributed by atoms with Crippen molar-refractivity contribution in [3.05, 3.63) is 160 Å². The molecule has 13 aromatic rings. The van der Waals surface area contributed by atoms with E-state index >= 15 is 0 Å². The second-order valence-corrected chi connectivity index (χ2v) is 38.0. The van der Waals surface area contributed by atoms with Crippen molar-refractivity contribution in [2.45, 2.75) is 161 Å². The Bertz CT molecular complexity index is 4390. The normalized spacial score (nSPS) is 11.9. The fourth-order valence-electron chi connectivity index (χ4n) is 12.3. The molecule has 0 aliphatic heterocycles. The van der Waals surface area contributed by atoms with Gasteiger partial charge in [-0.15, -0.1) is 136 Å². The van der Waals surface area contributed by atoms with Crippen LogP contribution in [-0.2, 0) is 12.8 Å². The van der Waals surface area contributed by atoms with Gasteiger partial charge in [0.25, 0.3) is 0 Å². The Morgan fingerprint density at radius 3 is 0.629 bits per heavy atom. The van der Waals surface area contributed by atoms with Crippen LogP contribution in [0.4, 0.5) is 0 Å². The molecule has 0 spiro atoms. The van der Waals surface area contributed by atoms with E-state index in [1.165, 1.54) is 249 Å². The fraction of sp³-hybridized carbons (Fsp3) is 0.316. The van der Waals surface area contributed by atoms with Gasteiger partial charge >= 0.3 is 0 Å². The summed E-state index contributed by atoms with van der Waals surface area (Å²) in [5, 5.41) is 4.76. The SMILES string of the molecule is CCCCCCc1sc(-c2sc(-c3sc(-c4sc(-c5sc(-c6sc(-c7cscc7-c7cc(C)c(-c8cc(C)c(-c9cc(C)c(-c%10cc(C)c(-c%11cc(C)c(-c%12cc(C)c(CCCCCC)s%12)s%11)s%10)s9)s8)s7)cc6C)cc5C)cc4C)cc3C)cc2C)cc1C. The molecule has 0 radical (unpaired) electrons. The van der Waals surface area contributed by atoms with Gasteiger partial charge in [0.2, 0.25) is 0 Å². The molecule has 0 atom stereocenters. The molecule has 0 fully saturated rings. The Kier molecular flexibility index (Phi) is 19.3. The van der Waals surface area contributed by atoms with E-state index in [0.717, 1.165) is 0 Å². The molecule has 13 rings (SSSR count). The maximum absolute atomic E-state index is 2.45. The van der Waals surface area contributed by atoms with E-state index in [-0.39, 0.29) is 0 Å². The Morgan fingerprint density at radius 1 is 0.213 bits per heavy atom. The first kappa shape index (κ1) is 63.8. The van der Waals surface area contributed by atoms with Crippen LogP contribution in [0.2, 0.25) is 0 Å². The lowest BCUT2D eigenvalue weighted by Crippen LogP contribution is -1.83. The number of hydrogen-bond acceptors (Lipinski definition) is 13. The van der Waals surface area contributed by atoms with E-state index in [4.69, 9.17) is 0 Å². The summed E-state index contributed by atoms with van der Waals surface area (Å²) < 4.78 is 0. The minimum Gasteiger partial charge on any atom is -0.151 e. The van der Waals surface area contributed by atoms with Crippen molar-refractivity contribution in [3.63, 3.8) is 0 Å². The van der Waals surface area contributed by atoms with Gasteiger partial charge in [-0.3, -0.25) is 0 Å². The van der Waals surface area contributed by atoms with Gasteiger partial charge in [-0.2, -0.15) is 11.3 Å². The van der Waals surface area contributed by atoms with Crippen molar-refractivity contribution < 1.29 is 0 Å². The quantitative estimate of drug-likeness (QED) is 0.0593. The predicted molar refractivity (Wildman–Crippen MR) is 417 cm³/mol. The molecule has 13 aromatic heterocycles. The van der Waals surface area contributed by atoms with E-state index in [0.29, 0.717) is 0 Å². The Balaban J connectivity index is 0.703. The minimum absolute atomic E-state index is 1.21. The number of thiophene rings is 13. The average Bonchev–Trinajstić information content (AvgIpc) is 1.91. The summed E-state index contributed by atoms with van der Waals surface area (Å²) in [7, 11) is 0. The zero-order chi connectivity index (χ0) is 62.1. The molecule has 89 heavy (non-hydrogen) atoms. The number of unbranched alkanes of at least 4 members (excludes halogenated alkanes) is 6. The van der Waals surface area contributed by atoms with E-state index in [9.17, 15) is 0 Å². The van der Waals surface area contributed by atoms with Crippen LogP contribution in [-0.4, -0.2) is 0 Å². The summed E-state index contributed by atoms with van der Waals surface area (Å²) in [6.07, 6.45) is 12.9. The van der Waals surface area contributed by atoms with E-state index in [1.54, 1.807) is 9.75 Å². The lowest BCUT2D eigenvalue weighted by atomic mass is 10.1. The smallest absolute Gasteiger partial charge is 0.0479 e. The van der Waals surface area contributed by atoms with Crippen LogP contribution < -0.4 is 0 Å². The van der Waals surface area contributed by atoms with Gasteiger partial charge in [0.15, 0.2) is 0 Å². The molecular formula is C76H76S13. The second-order valence-electron chi connectivity index (χ2n) is 24.5. The van der Waals surface area contributed by atoms with Crippen molar-refractivity contribution in [2.75, 3.05) is 0 Å². The van der Waals surface area contributed by atoms with Crippen molar-refractivity contribution in [3.8, 4) is 118 Å². The Labute approximate surface area is 580 Å². The zero-order valence-electron chi connectivity index (χ0n) is 53.5. The van der Waals surface area contributed by atoms with Gasteiger partial charge in [-0.1, -0.05) is 52.4 Å². The first-order chi connectivity index (χ1) is 42.9. The van der Waals surface area contributed by atoms with Crippen LogP contribution >= 0.6 is 147 Å². The van der Waals surface area contributed by atoms with E-state index < -0.39 is 0 Å². The molecule has 0 aromatic carbocycles.